The number of hydrogen-bond donors (Lipinski definition) is 0. The highest BCUT2D eigenvalue weighted by Crippen LogP contribution is 2.39. The van der Waals surface area contributed by atoms with Gasteiger partial charge in [-0.2, -0.15) is 0 Å². The molecule has 3 heterocycles. The van der Waals surface area contributed by atoms with E-state index >= 15 is 0 Å². The van der Waals surface area contributed by atoms with Gasteiger partial charge in [0.1, 0.15) is 5.75 Å². The Kier molecular flexibility index (Phi) is 8.65. The molecule has 216 valence electrons. The van der Waals surface area contributed by atoms with Gasteiger partial charge in [-0.1, -0.05) is 41.9 Å². The van der Waals surface area contributed by atoms with Crippen molar-refractivity contribution in [1.29, 1.82) is 0 Å². The quantitative estimate of drug-likeness (QED) is 0.317. The third-order valence-electron chi connectivity index (χ3n) is 8.62. The highest BCUT2D eigenvalue weighted by atomic mass is 35.5. The second kappa shape index (κ2) is 12.7. The third-order valence-corrected chi connectivity index (χ3v) is 8.87. The molecular weight excluding hydrogens is 538 g/mol. The number of carbonyl (C=O) groups is 1. The minimum Gasteiger partial charge on any atom is -0.496 e. The number of carbonyl (C=O) groups excluding carboxylic acids is 1. The Labute approximate surface area is 247 Å². The van der Waals surface area contributed by atoms with E-state index in [2.05, 4.69) is 39.0 Å². The van der Waals surface area contributed by atoms with Crippen LogP contribution in [-0.2, 0) is 6.54 Å². The monoisotopic (exact) mass is 575 g/mol. The van der Waals surface area contributed by atoms with Crippen LogP contribution in [0.25, 0.3) is 0 Å². The molecule has 0 spiro atoms. The van der Waals surface area contributed by atoms with Gasteiger partial charge in [0.2, 0.25) is 6.79 Å². The van der Waals surface area contributed by atoms with Crippen molar-refractivity contribution in [2.45, 2.75) is 25.3 Å². The van der Waals surface area contributed by atoms with E-state index in [1.807, 2.05) is 42.5 Å². The van der Waals surface area contributed by atoms with E-state index in [0.717, 1.165) is 50.0 Å². The molecule has 3 aromatic rings. The molecule has 3 aliphatic rings. The van der Waals surface area contributed by atoms with E-state index in [1.54, 1.807) is 7.11 Å². The maximum atomic E-state index is 14.1. The summed E-state index contributed by atoms with van der Waals surface area (Å²) in [6.07, 6.45) is 2.46. The van der Waals surface area contributed by atoms with E-state index in [1.165, 1.54) is 24.0 Å². The first kappa shape index (κ1) is 27.9. The molecule has 0 bridgehead atoms. The molecule has 1 amide bonds. The molecule has 2 atom stereocenters. The van der Waals surface area contributed by atoms with Gasteiger partial charge in [0.15, 0.2) is 11.5 Å². The van der Waals surface area contributed by atoms with Crippen molar-refractivity contribution in [2.75, 3.05) is 59.7 Å². The van der Waals surface area contributed by atoms with E-state index in [4.69, 9.17) is 25.8 Å². The van der Waals surface area contributed by atoms with Crippen LogP contribution in [0.5, 0.6) is 17.2 Å². The van der Waals surface area contributed by atoms with Crippen LogP contribution in [0.3, 0.4) is 0 Å². The van der Waals surface area contributed by atoms with Gasteiger partial charge < -0.3 is 24.0 Å². The molecule has 2 saturated heterocycles. The van der Waals surface area contributed by atoms with Crippen molar-refractivity contribution in [1.82, 2.24) is 14.7 Å². The van der Waals surface area contributed by atoms with Crippen molar-refractivity contribution in [3.63, 3.8) is 0 Å². The second-order valence-corrected chi connectivity index (χ2v) is 11.7. The molecule has 41 heavy (non-hydrogen) atoms. The number of benzene rings is 3. The fourth-order valence-corrected chi connectivity index (χ4v) is 6.61. The molecule has 8 heteroatoms. The van der Waals surface area contributed by atoms with Crippen LogP contribution in [-0.4, -0.2) is 80.3 Å². The summed E-state index contributed by atoms with van der Waals surface area (Å²) < 4.78 is 16.9. The first-order valence-electron chi connectivity index (χ1n) is 14.6. The number of methoxy groups -OCH3 is 1. The van der Waals surface area contributed by atoms with Crippen LogP contribution in [0.2, 0.25) is 5.02 Å². The standard InChI is InChI=1S/C33H38ClN3O4/c1-39-30-7-3-2-6-28(30)29-22-36(19-24-8-11-27(34)12-9-24)20-26(29)21-37(17-16-35-14-4-5-15-35)33(38)25-10-13-31-32(18-25)41-23-40-31/h2-3,6-13,18,26,29H,4-5,14-17,19-23H2,1H3. The fourth-order valence-electron chi connectivity index (χ4n) is 6.49. The van der Waals surface area contributed by atoms with Crippen molar-refractivity contribution in [3.05, 3.63) is 88.4 Å². The Morgan fingerprint density at radius 1 is 0.976 bits per heavy atom. The molecule has 0 aliphatic carbocycles. The van der Waals surface area contributed by atoms with Crippen molar-refractivity contribution >= 4 is 17.5 Å². The summed E-state index contributed by atoms with van der Waals surface area (Å²) >= 11 is 6.15. The van der Waals surface area contributed by atoms with Crippen LogP contribution in [0, 0.1) is 5.92 Å². The van der Waals surface area contributed by atoms with Gasteiger partial charge in [-0.15, -0.1) is 0 Å². The van der Waals surface area contributed by atoms with Crippen LogP contribution in [0.1, 0.15) is 40.2 Å². The zero-order valence-corrected chi connectivity index (χ0v) is 24.4. The largest absolute Gasteiger partial charge is 0.496 e. The number of likely N-dealkylation sites (tertiary alicyclic amines) is 2. The number of nitrogens with zero attached hydrogens (tertiary/aromatic N) is 3. The number of para-hydroxylation sites is 1. The van der Waals surface area contributed by atoms with Gasteiger partial charge in [0.05, 0.1) is 7.11 Å². The lowest BCUT2D eigenvalue weighted by Crippen LogP contribution is -2.42. The second-order valence-electron chi connectivity index (χ2n) is 11.3. The van der Waals surface area contributed by atoms with Gasteiger partial charge in [0.25, 0.3) is 5.91 Å². The summed E-state index contributed by atoms with van der Waals surface area (Å²) in [4.78, 5) is 21.1. The van der Waals surface area contributed by atoms with Gasteiger partial charge in [0, 0.05) is 55.8 Å². The third kappa shape index (κ3) is 6.48. The predicted molar refractivity (Wildman–Crippen MR) is 160 cm³/mol. The lowest BCUT2D eigenvalue weighted by atomic mass is 9.87. The number of ether oxygens (including phenoxy) is 3. The summed E-state index contributed by atoms with van der Waals surface area (Å²) in [5, 5.41) is 0.746. The lowest BCUT2D eigenvalue weighted by molar-refractivity contribution is 0.0707. The van der Waals surface area contributed by atoms with Crippen molar-refractivity contribution in [3.8, 4) is 17.2 Å². The first-order valence-corrected chi connectivity index (χ1v) is 15.0. The van der Waals surface area contributed by atoms with E-state index in [-0.39, 0.29) is 24.5 Å². The van der Waals surface area contributed by atoms with Gasteiger partial charge in [-0.3, -0.25) is 9.69 Å². The van der Waals surface area contributed by atoms with E-state index in [0.29, 0.717) is 30.2 Å². The highest BCUT2D eigenvalue weighted by Gasteiger charge is 2.37. The van der Waals surface area contributed by atoms with Crippen LogP contribution in [0.4, 0.5) is 0 Å². The number of hydrogen-bond acceptors (Lipinski definition) is 6. The summed E-state index contributed by atoms with van der Waals surface area (Å²) in [7, 11) is 1.74. The van der Waals surface area contributed by atoms with E-state index in [9.17, 15) is 4.79 Å². The average Bonchev–Trinajstić information content (AvgIpc) is 3.77. The van der Waals surface area contributed by atoms with Gasteiger partial charge in [-0.05, 0) is 79.4 Å². The normalized spacial score (nSPS) is 20.4. The molecule has 6 rings (SSSR count). The Morgan fingerprint density at radius 2 is 1.76 bits per heavy atom. The Bertz CT molecular complexity index is 1340. The lowest BCUT2D eigenvalue weighted by Gasteiger charge is -2.30. The molecule has 2 fully saturated rings. The SMILES string of the molecule is COc1ccccc1C1CN(Cc2ccc(Cl)cc2)CC1CN(CCN1CCCC1)C(=O)c1ccc2c(c1)OCO2. The maximum absolute atomic E-state index is 14.1. The Balaban J connectivity index is 1.26. The molecule has 0 radical (unpaired) electrons. The summed E-state index contributed by atoms with van der Waals surface area (Å²) in [5.74, 6) is 2.75. The van der Waals surface area contributed by atoms with Gasteiger partial charge >= 0.3 is 0 Å². The minimum atomic E-state index is 0.0393. The molecule has 3 aromatic carbocycles. The number of amides is 1. The molecular formula is C33H38ClN3O4. The zero-order valence-electron chi connectivity index (χ0n) is 23.6. The van der Waals surface area contributed by atoms with Crippen molar-refractivity contribution < 1.29 is 19.0 Å². The number of fused-ring (bicyclic) bond motifs is 1. The zero-order chi connectivity index (χ0) is 28.2. The predicted octanol–water partition coefficient (Wildman–Crippen LogP) is 5.53. The number of rotatable bonds is 10. The van der Waals surface area contributed by atoms with Crippen LogP contribution >= 0.6 is 11.6 Å². The van der Waals surface area contributed by atoms with Crippen LogP contribution in [0.15, 0.2) is 66.7 Å². The molecule has 2 unspecified atom stereocenters. The molecule has 7 nitrogen and oxygen atoms in total. The molecule has 3 aliphatic heterocycles. The number of halogens is 1. The maximum Gasteiger partial charge on any atom is 0.254 e. The fraction of sp³-hybridized carbons (Fsp3) is 0.424. The molecule has 0 saturated carbocycles. The smallest absolute Gasteiger partial charge is 0.254 e. The average molecular weight is 576 g/mol. The molecule has 0 aromatic heterocycles. The van der Waals surface area contributed by atoms with Gasteiger partial charge in [-0.25, -0.2) is 0 Å². The summed E-state index contributed by atoms with van der Waals surface area (Å²) in [6, 6.07) is 21.9. The van der Waals surface area contributed by atoms with Crippen molar-refractivity contribution in [2.24, 2.45) is 5.92 Å². The Hall–Kier alpha value is -3.26. The topological polar surface area (TPSA) is 54.5 Å². The van der Waals surface area contributed by atoms with E-state index < -0.39 is 0 Å². The molecule has 0 N–H and O–H groups in total. The summed E-state index contributed by atoms with van der Waals surface area (Å²) in [6.45, 7) is 7.27. The Morgan fingerprint density at radius 3 is 2.56 bits per heavy atom. The minimum absolute atomic E-state index is 0.0393. The van der Waals surface area contributed by atoms with Crippen LogP contribution < -0.4 is 14.2 Å². The first-order chi connectivity index (χ1) is 20.1. The summed E-state index contributed by atoms with van der Waals surface area (Å²) in [5.41, 5.74) is 3.07. The highest BCUT2D eigenvalue weighted by molar-refractivity contribution is 6.30.